The second kappa shape index (κ2) is 3.64. The maximum atomic E-state index is 11.8. The molecule has 0 saturated heterocycles. The van der Waals surface area contributed by atoms with Crippen LogP contribution in [0.3, 0.4) is 0 Å². The average Bonchev–Trinajstić information content (AvgIpc) is 2.34. The zero-order valence-electron chi connectivity index (χ0n) is 9.21. The van der Waals surface area contributed by atoms with Crippen LogP contribution in [0.1, 0.15) is 5.69 Å². The van der Waals surface area contributed by atoms with E-state index in [0.717, 1.165) is 0 Å². The van der Waals surface area contributed by atoms with Crippen molar-refractivity contribution in [1.82, 2.24) is 14.9 Å². The van der Waals surface area contributed by atoms with Crippen LogP contribution in [0.25, 0.3) is 0 Å². The lowest BCUT2D eigenvalue weighted by Crippen LogP contribution is -2.33. The number of fused-ring (bicyclic) bond motifs is 2. The first-order valence-electron chi connectivity index (χ1n) is 5.03. The highest BCUT2D eigenvalue weighted by Crippen LogP contribution is 2.41. The number of hydrogen-bond acceptors (Lipinski definition) is 7. The molecule has 1 aromatic carbocycles. The van der Waals surface area contributed by atoms with Crippen molar-refractivity contribution in [3.8, 4) is 11.5 Å². The van der Waals surface area contributed by atoms with Crippen LogP contribution >= 0.6 is 11.8 Å². The molecular weight excluding hydrogens is 256 g/mol. The van der Waals surface area contributed by atoms with Crippen molar-refractivity contribution in [2.75, 3.05) is 5.43 Å². The van der Waals surface area contributed by atoms with Gasteiger partial charge < -0.3 is 10.2 Å². The van der Waals surface area contributed by atoms with Crippen molar-refractivity contribution in [3.05, 3.63) is 28.2 Å². The minimum absolute atomic E-state index is 0.223. The van der Waals surface area contributed by atoms with Crippen LogP contribution in [0, 0.1) is 6.92 Å². The van der Waals surface area contributed by atoms with Gasteiger partial charge in [0.15, 0.2) is 11.5 Å². The van der Waals surface area contributed by atoms with Crippen molar-refractivity contribution in [1.29, 1.82) is 0 Å². The van der Waals surface area contributed by atoms with E-state index in [1.165, 1.54) is 28.6 Å². The Balaban J connectivity index is 2.18. The summed E-state index contributed by atoms with van der Waals surface area (Å²) in [6.07, 6.45) is 0. The number of aryl methyl sites for hydroxylation is 1. The fraction of sp³-hybridized carbons (Fsp3) is 0.100. The first-order chi connectivity index (χ1) is 8.56. The summed E-state index contributed by atoms with van der Waals surface area (Å²) in [7, 11) is 0. The molecule has 0 amide bonds. The fourth-order valence-corrected chi connectivity index (χ4v) is 2.45. The first-order valence-corrected chi connectivity index (χ1v) is 5.85. The summed E-state index contributed by atoms with van der Waals surface area (Å²) in [5.41, 5.74) is 3.33. The number of phenols is 2. The fourth-order valence-electron chi connectivity index (χ4n) is 1.57. The van der Waals surface area contributed by atoms with Crippen molar-refractivity contribution in [2.24, 2.45) is 0 Å². The molecule has 2 aromatic rings. The van der Waals surface area contributed by atoms with Crippen molar-refractivity contribution < 1.29 is 10.2 Å². The van der Waals surface area contributed by atoms with E-state index < -0.39 is 0 Å². The maximum absolute atomic E-state index is 11.8. The summed E-state index contributed by atoms with van der Waals surface area (Å²) in [6, 6.07) is 2.75. The summed E-state index contributed by atoms with van der Waals surface area (Å²) < 4.78 is 1.26. The molecule has 0 unspecified atom stereocenters. The molecule has 1 aromatic heterocycles. The Labute approximate surface area is 105 Å². The van der Waals surface area contributed by atoms with Crippen LogP contribution in [0.15, 0.2) is 27.0 Å². The molecule has 2 heterocycles. The molecule has 0 fully saturated rings. The van der Waals surface area contributed by atoms with E-state index in [-0.39, 0.29) is 22.8 Å². The Hall–Kier alpha value is -2.22. The summed E-state index contributed by atoms with van der Waals surface area (Å²) >= 11 is 1.18. The molecule has 0 aliphatic carbocycles. The highest BCUT2D eigenvalue weighted by molar-refractivity contribution is 7.99. The van der Waals surface area contributed by atoms with Crippen LogP contribution in [0.2, 0.25) is 0 Å². The number of phenolic OH excluding ortho intramolecular Hbond substituents is 2. The highest BCUT2D eigenvalue weighted by Gasteiger charge is 2.21. The summed E-state index contributed by atoms with van der Waals surface area (Å²) in [5.74, 6) is -0.476. The molecule has 0 saturated carbocycles. The predicted octanol–water partition coefficient (Wildman–Crippen LogP) is 0.698. The standard InChI is InChI=1S/C10H8N4O3S/c1-4-9(17)14-10(12-11-4)18-8-3-7(16)6(15)2-5(8)13-14/h2-3,13,15-16H,1H3. The van der Waals surface area contributed by atoms with Crippen molar-refractivity contribution in [3.63, 3.8) is 0 Å². The zero-order chi connectivity index (χ0) is 12.9. The Morgan fingerprint density at radius 2 is 2.00 bits per heavy atom. The van der Waals surface area contributed by atoms with E-state index in [0.29, 0.717) is 15.7 Å². The third kappa shape index (κ3) is 1.50. The number of hydrogen-bond donors (Lipinski definition) is 3. The van der Waals surface area contributed by atoms with E-state index in [1.807, 2.05) is 0 Å². The molecule has 92 valence electrons. The lowest BCUT2D eigenvalue weighted by Gasteiger charge is -2.21. The van der Waals surface area contributed by atoms with Gasteiger partial charge in [0.2, 0.25) is 5.16 Å². The molecule has 0 radical (unpaired) electrons. The highest BCUT2D eigenvalue weighted by atomic mass is 32.2. The van der Waals surface area contributed by atoms with Gasteiger partial charge in [0.25, 0.3) is 5.56 Å². The average molecular weight is 264 g/mol. The molecule has 7 nitrogen and oxygen atoms in total. The van der Waals surface area contributed by atoms with Gasteiger partial charge in [0, 0.05) is 11.0 Å². The second-order valence-corrected chi connectivity index (χ2v) is 4.77. The normalized spacial score (nSPS) is 12.5. The van der Waals surface area contributed by atoms with Crippen LogP contribution in [-0.2, 0) is 0 Å². The molecule has 3 rings (SSSR count). The van der Waals surface area contributed by atoms with Gasteiger partial charge in [-0.25, -0.2) is 0 Å². The SMILES string of the molecule is Cc1nnc2n(c1=O)Nc1cc(O)c(O)cc1S2. The van der Waals surface area contributed by atoms with Gasteiger partial charge in [-0.15, -0.1) is 10.2 Å². The Kier molecular flexibility index (Phi) is 2.20. The largest absolute Gasteiger partial charge is 0.504 e. The smallest absolute Gasteiger partial charge is 0.294 e. The van der Waals surface area contributed by atoms with Gasteiger partial charge >= 0.3 is 0 Å². The van der Waals surface area contributed by atoms with Gasteiger partial charge in [-0.1, -0.05) is 0 Å². The number of benzene rings is 1. The Bertz CT molecular complexity index is 713. The molecule has 0 bridgehead atoms. The van der Waals surface area contributed by atoms with Gasteiger partial charge in [-0.2, -0.15) is 4.68 Å². The maximum Gasteiger partial charge on any atom is 0.294 e. The number of nitrogens with zero attached hydrogens (tertiary/aromatic N) is 3. The topological polar surface area (TPSA) is 100 Å². The molecule has 0 atom stereocenters. The predicted molar refractivity (Wildman–Crippen MR) is 63.9 cm³/mol. The van der Waals surface area contributed by atoms with Crippen LogP contribution < -0.4 is 11.0 Å². The summed E-state index contributed by atoms with van der Waals surface area (Å²) in [5, 5.41) is 26.9. The molecule has 0 spiro atoms. The van der Waals surface area contributed by atoms with Crippen LogP contribution in [-0.4, -0.2) is 25.1 Å². The van der Waals surface area contributed by atoms with E-state index in [2.05, 4.69) is 15.6 Å². The van der Waals surface area contributed by atoms with E-state index >= 15 is 0 Å². The quantitative estimate of drug-likeness (QED) is 0.406. The van der Waals surface area contributed by atoms with Crippen LogP contribution in [0.4, 0.5) is 5.69 Å². The van der Waals surface area contributed by atoms with Gasteiger partial charge in [-0.3, -0.25) is 10.2 Å². The zero-order valence-corrected chi connectivity index (χ0v) is 10.0. The molecule has 1 aliphatic heterocycles. The lowest BCUT2D eigenvalue weighted by molar-refractivity contribution is 0.402. The number of nitrogens with one attached hydrogen (secondary N) is 1. The third-order valence-electron chi connectivity index (χ3n) is 2.50. The Morgan fingerprint density at radius 3 is 2.78 bits per heavy atom. The number of rotatable bonds is 0. The minimum Gasteiger partial charge on any atom is -0.504 e. The van der Waals surface area contributed by atoms with E-state index in [9.17, 15) is 15.0 Å². The Morgan fingerprint density at radius 1 is 1.28 bits per heavy atom. The molecule has 8 heteroatoms. The van der Waals surface area contributed by atoms with E-state index in [1.54, 1.807) is 6.92 Å². The molecule has 3 N–H and O–H groups in total. The number of anilines is 1. The molecular formula is C10H8N4O3S. The van der Waals surface area contributed by atoms with Crippen molar-refractivity contribution in [2.45, 2.75) is 17.0 Å². The second-order valence-electron chi connectivity index (χ2n) is 3.76. The first kappa shape index (κ1) is 10.9. The lowest BCUT2D eigenvalue weighted by atomic mass is 10.3. The summed E-state index contributed by atoms with van der Waals surface area (Å²) in [6.45, 7) is 1.57. The number of aromatic nitrogens is 3. The van der Waals surface area contributed by atoms with Crippen molar-refractivity contribution >= 4 is 17.4 Å². The number of aromatic hydroxyl groups is 2. The van der Waals surface area contributed by atoms with Gasteiger partial charge in [0.1, 0.15) is 5.69 Å². The van der Waals surface area contributed by atoms with Crippen LogP contribution in [0.5, 0.6) is 11.5 Å². The minimum atomic E-state index is -0.300. The summed E-state index contributed by atoms with van der Waals surface area (Å²) in [4.78, 5) is 12.5. The molecule has 1 aliphatic rings. The molecule has 18 heavy (non-hydrogen) atoms. The van der Waals surface area contributed by atoms with Gasteiger partial charge in [0.05, 0.1) is 5.69 Å². The van der Waals surface area contributed by atoms with Gasteiger partial charge in [-0.05, 0) is 24.8 Å². The van der Waals surface area contributed by atoms with E-state index in [4.69, 9.17) is 0 Å². The third-order valence-corrected chi connectivity index (χ3v) is 3.50. The monoisotopic (exact) mass is 264 g/mol.